The summed E-state index contributed by atoms with van der Waals surface area (Å²) in [5.41, 5.74) is 1.23. The standard InChI is InChI=1S/C21H24N2O4/c1-25-16-6-7-17-15(11-21(24)27-20(17)12-16)13-22-14-18(19-5-4-10-26-19)23-8-2-3-9-23/h4-7,10-12,18,22H,2-3,8-9,13-14H2,1H3/p+2/t18-/m1/s1. The molecule has 1 aliphatic heterocycles. The maximum absolute atomic E-state index is 12.0. The molecule has 1 saturated heterocycles. The number of nitrogens with two attached hydrogens (primary N) is 1. The summed E-state index contributed by atoms with van der Waals surface area (Å²) in [6, 6.07) is 11.6. The quantitative estimate of drug-likeness (QED) is 0.606. The van der Waals surface area contributed by atoms with Crippen molar-refractivity contribution < 1.29 is 23.8 Å². The lowest BCUT2D eigenvalue weighted by molar-refractivity contribution is -0.936. The highest BCUT2D eigenvalue weighted by Gasteiger charge is 2.30. The van der Waals surface area contributed by atoms with Crippen molar-refractivity contribution in [1.29, 1.82) is 0 Å². The molecule has 27 heavy (non-hydrogen) atoms. The van der Waals surface area contributed by atoms with Gasteiger partial charge in [0.15, 0.2) is 11.8 Å². The van der Waals surface area contributed by atoms with Crippen LogP contribution in [0.5, 0.6) is 5.75 Å². The van der Waals surface area contributed by atoms with Gasteiger partial charge in [-0.3, -0.25) is 0 Å². The number of ether oxygens (including phenoxy) is 1. The molecular formula is C21H26N2O4+2. The van der Waals surface area contributed by atoms with E-state index in [2.05, 4.69) is 11.4 Å². The number of methoxy groups -OCH3 is 1. The van der Waals surface area contributed by atoms with Crippen molar-refractivity contribution in [3.05, 3.63) is 64.4 Å². The average molecular weight is 370 g/mol. The fourth-order valence-electron chi connectivity index (χ4n) is 4.06. The molecule has 0 unspecified atom stereocenters. The molecule has 3 N–H and O–H groups in total. The molecule has 1 aliphatic rings. The van der Waals surface area contributed by atoms with Gasteiger partial charge in [-0.25, -0.2) is 4.79 Å². The zero-order valence-electron chi connectivity index (χ0n) is 15.6. The summed E-state index contributed by atoms with van der Waals surface area (Å²) in [6.07, 6.45) is 4.30. The number of quaternary nitrogens is 2. The molecule has 0 spiro atoms. The number of fused-ring (bicyclic) bond motifs is 1. The molecule has 2 aromatic heterocycles. The van der Waals surface area contributed by atoms with Crippen LogP contribution in [0, 0.1) is 0 Å². The van der Waals surface area contributed by atoms with Gasteiger partial charge >= 0.3 is 5.63 Å². The first-order valence-corrected chi connectivity index (χ1v) is 9.55. The summed E-state index contributed by atoms with van der Waals surface area (Å²) in [7, 11) is 1.60. The van der Waals surface area contributed by atoms with Gasteiger partial charge in [0, 0.05) is 35.9 Å². The maximum Gasteiger partial charge on any atom is 0.336 e. The van der Waals surface area contributed by atoms with Crippen molar-refractivity contribution in [2.24, 2.45) is 0 Å². The van der Waals surface area contributed by atoms with E-state index in [4.69, 9.17) is 13.6 Å². The molecule has 1 fully saturated rings. The van der Waals surface area contributed by atoms with Crippen molar-refractivity contribution in [2.45, 2.75) is 25.4 Å². The summed E-state index contributed by atoms with van der Waals surface area (Å²) < 4.78 is 16.3. The van der Waals surface area contributed by atoms with E-state index in [1.807, 2.05) is 18.2 Å². The van der Waals surface area contributed by atoms with E-state index >= 15 is 0 Å². The average Bonchev–Trinajstić information content (AvgIpc) is 3.38. The summed E-state index contributed by atoms with van der Waals surface area (Å²) in [4.78, 5) is 13.5. The number of furan rings is 1. The molecule has 0 saturated carbocycles. The Morgan fingerprint density at radius 3 is 2.81 bits per heavy atom. The van der Waals surface area contributed by atoms with Gasteiger partial charge in [0.05, 0.1) is 26.5 Å². The lowest BCUT2D eigenvalue weighted by Gasteiger charge is -2.21. The lowest BCUT2D eigenvalue weighted by Crippen LogP contribution is -3.13. The Bertz CT molecular complexity index is 942. The predicted molar refractivity (Wildman–Crippen MR) is 101 cm³/mol. The molecule has 0 bridgehead atoms. The van der Waals surface area contributed by atoms with Gasteiger partial charge in [0.25, 0.3) is 0 Å². The van der Waals surface area contributed by atoms with Gasteiger partial charge in [0.1, 0.15) is 24.4 Å². The zero-order valence-corrected chi connectivity index (χ0v) is 15.6. The van der Waals surface area contributed by atoms with Crippen LogP contribution in [0.3, 0.4) is 0 Å². The van der Waals surface area contributed by atoms with Crippen molar-refractivity contribution >= 4 is 11.0 Å². The molecule has 0 radical (unpaired) electrons. The minimum absolute atomic E-state index is 0.327. The number of rotatable bonds is 7. The topological polar surface area (TPSA) is 73.6 Å². The third-order valence-electron chi connectivity index (χ3n) is 5.43. The Morgan fingerprint density at radius 1 is 1.22 bits per heavy atom. The number of benzene rings is 1. The highest BCUT2D eigenvalue weighted by molar-refractivity contribution is 5.81. The Balaban J connectivity index is 1.51. The summed E-state index contributed by atoms with van der Waals surface area (Å²) >= 11 is 0. The van der Waals surface area contributed by atoms with Crippen molar-refractivity contribution in [3.8, 4) is 5.75 Å². The van der Waals surface area contributed by atoms with Crippen LogP contribution in [0.4, 0.5) is 0 Å². The van der Waals surface area contributed by atoms with Gasteiger partial charge < -0.3 is 23.8 Å². The number of nitrogens with one attached hydrogen (secondary N) is 1. The molecule has 6 nitrogen and oxygen atoms in total. The SMILES string of the molecule is COc1ccc2c(C[NH2+]C[C@H](c3ccco3)[NH+]3CCCC3)cc(=O)oc2c1. The van der Waals surface area contributed by atoms with Crippen molar-refractivity contribution in [2.75, 3.05) is 26.7 Å². The molecule has 3 aromatic rings. The zero-order chi connectivity index (χ0) is 18.6. The monoisotopic (exact) mass is 370 g/mol. The number of hydrogen-bond donors (Lipinski definition) is 2. The Hall–Kier alpha value is -2.57. The molecular weight excluding hydrogens is 344 g/mol. The second-order valence-corrected chi connectivity index (χ2v) is 7.11. The van der Waals surface area contributed by atoms with E-state index < -0.39 is 0 Å². The molecule has 6 heteroatoms. The molecule has 3 heterocycles. The Labute approximate surface area is 157 Å². The first-order chi connectivity index (χ1) is 13.2. The van der Waals surface area contributed by atoms with Crippen LogP contribution >= 0.6 is 0 Å². The molecule has 0 aliphatic carbocycles. The van der Waals surface area contributed by atoms with Crippen LogP contribution in [0.2, 0.25) is 0 Å². The van der Waals surface area contributed by atoms with Crippen LogP contribution in [-0.2, 0) is 6.54 Å². The van der Waals surface area contributed by atoms with Crippen LogP contribution < -0.4 is 20.6 Å². The van der Waals surface area contributed by atoms with Gasteiger partial charge in [-0.2, -0.15) is 0 Å². The van der Waals surface area contributed by atoms with E-state index in [1.54, 1.807) is 30.4 Å². The molecule has 0 amide bonds. The van der Waals surface area contributed by atoms with Crippen LogP contribution in [0.1, 0.15) is 30.2 Å². The van der Waals surface area contributed by atoms with E-state index in [0.717, 1.165) is 29.8 Å². The highest BCUT2D eigenvalue weighted by atomic mass is 16.5. The maximum atomic E-state index is 12.0. The van der Waals surface area contributed by atoms with E-state index in [9.17, 15) is 4.79 Å². The van der Waals surface area contributed by atoms with Gasteiger partial charge in [-0.15, -0.1) is 0 Å². The van der Waals surface area contributed by atoms with Gasteiger partial charge in [-0.05, 0) is 24.3 Å². The second kappa shape index (κ2) is 7.98. The predicted octanol–water partition coefficient (Wildman–Crippen LogP) is 0.878. The van der Waals surface area contributed by atoms with Crippen LogP contribution in [0.25, 0.3) is 11.0 Å². The fraction of sp³-hybridized carbons (Fsp3) is 0.381. The van der Waals surface area contributed by atoms with Crippen molar-refractivity contribution in [1.82, 2.24) is 0 Å². The second-order valence-electron chi connectivity index (χ2n) is 7.11. The first kappa shape index (κ1) is 17.8. The number of hydrogen-bond acceptors (Lipinski definition) is 4. The Kier molecular flexibility index (Phi) is 5.27. The molecule has 4 rings (SSSR count). The highest BCUT2D eigenvalue weighted by Crippen LogP contribution is 2.22. The Morgan fingerprint density at radius 2 is 2.07 bits per heavy atom. The van der Waals surface area contributed by atoms with Crippen LogP contribution in [-0.4, -0.2) is 26.7 Å². The largest absolute Gasteiger partial charge is 0.497 e. The third-order valence-corrected chi connectivity index (χ3v) is 5.43. The van der Waals surface area contributed by atoms with E-state index in [0.29, 0.717) is 17.4 Å². The summed E-state index contributed by atoms with van der Waals surface area (Å²) in [6.45, 7) is 4.02. The molecule has 1 atom stereocenters. The fourth-order valence-corrected chi connectivity index (χ4v) is 4.06. The molecule has 1 aromatic carbocycles. The van der Waals surface area contributed by atoms with E-state index in [1.165, 1.54) is 25.9 Å². The van der Waals surface area contributed by atoms with Gasteiger partial charge in [-0.1, -0.05) is 0 Å². The van der Waals surface area contributed by atoms with Gasteiger partial charge in [0.2, 0.25) is 0 Å². The molecule has 142 valence electrons. The normalized spacial score (nSPS) is 16.0. The third kappa shape index (κ3) is 3.91. The minimum Gasteiger partial charge on any atom is -0.497 e. The minimum atomic E-state index is -0.327. The first-order valence-electron chi connectivity index (χ1n) is 9.55. The summed E-state index contributed by atoms with van der Waals surface area (Å²) in [5.74, 6) is 1.73. The smallest absolute Gasteiger partial charge is 0.336 e. The summed E-state index contributed by atoms with van der Waals surface area (Å²) in [5, 5.41) is 3.21. The van der Waals surface area contributed by atoms with Crippen molar-refractivity contribution in [3.63, 3.8) is 0 Å². The lowest BCUT2D eigenvalue weighted by atomic mass is 10.1. The van der Waals surface area contributed by atoms with Crippen LogP contribution in [0.15, 0.2) is 56.3 Å². The number of likely N-dealkylation sites (tertiary alicyclic amines) is 1. The van der Waals surface area contributed by atoms with E-state index in [-0.39, 0.29) is 5.63 Å².